The molecule has 1 aliphatic carbocycles. The summed E-state index contributed by atoms with van der Waals surface area (Å²) in [5, 5.41) is 9.27. The number of esters is 2. The van der Waals surface area contributed by atoms with Gasteiger partial charge in [0.15, 0.2) is 0 Å². The number of carboxylic acid groups (broad SMARTS) is 1. The summed E-state index contributed by atoms with van der Waals surface area (Å²) in [7, 11) is 0. The van der Waals surface area contributed by atoms with Crippen LogP contribution in [-0.2, 0) is 23.9 Å². The Morgan fingerprint density at radius 1 is 0.826 bits per heavy atom. The van der Waals surface area contributed by atoms with E-state index in [2.05, 4.69) is 0 Å². The Morgan fingerprint density at radius 2 is 1.17 bits per heavy atom. The van der Waals surface area contributed by atoms with Crippen molar-refractivity contribution in [2.45, 2.75) is 47.0 Å². The molecule has 0 bridgehead atoms. The van der Waals surface area contributed by atoms with E-state index in [1.165, 1.54) is 0 Å². The third-order valence-corrected chi connectivity index (χ3v) is 3.84. The van der Waals surface area contributed by atoms with Crippen LogP contribution in [0.25, 0.3) is 0 Å². The number of carboxylic acids is 1. The van der Waals surface area contributed by atoms with Gasteiger partial charge in [-0.15, -0.1) is 0 Å². The first-order chi connectivity index (χ1) is 10.7. The Kier molecular flexibility index (Phi) is 7.52. The normalized spacial score (nSPS) is 24.5. The molecule has 23 heavy (non-hydrogen) atoms. The summed E-state index contributed by atoms with van der Waals surface area (Å²) >= 11 is 0. The van der Waals surface area contributed by atoms with Gasteiger partial charge in [-0.05, 0) is 31.1 Å². The molecule has 0 amide bonds. The molecule has 0 aromatic heterocycles. The highest BCUT2D eigenvalue weighted by Crippen LogP contribution is 2.35. The zero-order valence-electron chi connectivity index (χ0n) is 14.4. The van der Waals surface area contributed by atoms with Crippen molar-refractivity contribution in [3.05, 3.63) is 0 Å². The van der Waals surface area contributed by atoms with Crippen LogP contribution in [0.4, 0.5) is 0 Å². The molecule has 6 nitrogen and oxygen atoms in total. The summed E-state index contributed by atoms with van der Waals surface area (Å²) in [4.78, 5) is 35.6. The maximum atomic E-state index is 12.1. The number of ether oxygens (including phenoxy) is 2. The lowest BCUT2D eigenvalue weighted by Gasteiger charge is -2.30. The summed E-state index contributed by atoms with van der Waals surface area (Å²) in [5.74, 6) is -3.20. The zero-order chi connectivity index (χ0) is 17.6. The molecule has 2 unspecified atom stereocenters. The van der Waals surface area contributed by atoms with E-state index in [9.17, 15) is 19.5 Å². The first-order valence-electron chi connectivity index (χ1n) is 8.26. The largest absolute Gasteiger partial charge is 0.481 e. The van der Waals surface area contributed by atoms with Gasteiger partial charge in [-0.2, -0.15) is 0 Å². The first-order valence-corrected chi connectivity index (χ1v) is 8.26. The van der Waals surface area contributed by atoms with Gasteiger partial charge < -0.3 is 14.6 Å². The van der Waals surface area contributed by atoms with Crippen molar-refractivity contribution in [3.8, 4) is 0 Å². The van der Waals surface area contributed by atoms with Crippen molar-refractivity contribution >= 4 is 17.9 Å². The lowest BCUT2D eigenvalue weighted by Crippen LogP contribution is -2.37. The fraction of sp³-hybridized carbons (Fsp3) is 0.824. The Bertz CT molecular complexity index is 397. The molecular formula is C17H28O6. The van der Waals surface area contributed by atoms with E-state index in [0.29, 0.717) is 19.6 Å². The average Bonchev–Trinajstić information content (AvgIpc) is 2.49. The minimum Gasteiger partial charge on any atom is -0.481 e. The van der Waals surface area contributed by atoms with E-state index in [1.807, 2.05) is 27.7 Å². The topological polar surface area (TPSA) is 89.9 Å². The van der Waals surface area contributed by atoms with E-state index in [0.717, 1.165) is 0 Å². The standard InChI is InChI=1S/C17H28O6/c1-10(2)8-22-16(20)13-5-12(15(18)19)6-14(7-13)17(21)23-9-11(3)4/h10-14H,5-9H2,1-4H3,(H,18,19). The average molecular weight is 328 g/mol. The molecule has 0 aromatic rings. The lowest BCUT2D eigenvalue weighted by atomic mass is 9.75. The van der Waals surface area contributed by atoms with Gasteiger partial charge in [0.25, 0.3) is 0 Å². The van der Waals surface area contributed by atoms with Crippen molar-refractivity contribution in [2.75, 3.05) is 13.2 Å². The van der Waals surface area contributed by atoms with Gasteiger partial charge >= 0.3 is 17.9 Å². The molecule has 0 aromatic carbocycles. The summed E-state index contributed by atoms with van der Waals surface area (Å²) in [5.41, 5.74) is 0. The number of carbonyl (C=O) groups is 3. The van der Waals surface area contributed by atoms with Crippen molar-refractivity contribution in [1.82, 2.24) is 0 Å². The van der Waals surface area contributed by atoms with Crippen LogP contribution in [0.5, 0.6) is 0 Å². The zero-order valence-corrected chi connectivity index (χ0v) is 14.4. The predicted molar refractivity (Wildman–Crippen MR) is 83.6 cm³/mol. The Hall–Kier alpha value is -1.59. The number of carbonyl (C=O) groups excluding carboxylic acids is 2. The molecular weight excluding hydrogens is 300 g/mol. The number of rotatable bonds is 7. The van der Waals surface area contributed by atoms with Gasteiger partial charge in [-0.1, -0.05) is 27.7 Å². The fourth-order valence-corrected chi connectivity index (χ4v) is 2.64. The minimum atomic E-state index is -0.979. The van der Waals surface area contributed by atoms with Crippen LogP contribution >= 0.6 is 0 Å². The quantitative estimate of drug-likeness (QED) is 0.722. The number of hydrogen-bond acceptors (Lipinski definition) is 5. The second-order valence-electron chi connectivity index (χ2n) is 7.18. The van der Waals surface area contributed by atoms with Crippen molar-refractivity contribution in [2.24, 2.45) is 29.6 Å². The molecule has 0 spiro atoms. The monoisotopic (exact) mass is 328 g/mol. The lowest BCUT2D eigenvalue weighted by molar-refractivity contribution is -0.160. The molecule has 2 atom stereocenters. The number of aliphatic carboxylic acids is 1. The molecule has 0 aliphatic heterocycles. The van der Waals surface area contributed by atoms with E-state index in [4.69, 9.17) is 9.47 Å². The molecule has 1 rings (SSSR count). The van der Waals surface area contributed by atoms with Gasteiger partial charge in [0, 0.05) is 0 Å². The highest BCUT2D eigenvalue weighted by atomic mass is 16.5. The second kappa shape index (κ2) is 8.89. The molecule has 6 heteroatoms. The van der Waals surface area contributed by atoms with E-state index in [1.54, 1.807) is 0 Å². The highest BCUT2D eigenvalue weighted by molar-refractivity contribution is 5.79. The van der Waals surface area contributed by atoms with Crippen LogP contribution in [0.1, 0.15) is 47.0 Å². The summed E-state index contributed by atoms with van der Waals surface area (Å²) in [6, 6.07) is 0. The summed E-state index contributed by atoms with van der Waals surface area (Å²) < 4.78 is 10.4. The number of hydrogen-bond donors (Lipinski definition) is 1. The van der Waals surface area contributed by atoms with E-state index in [-0.39, 0.29) is 24.7 Å². The van der Waals surface area contributed by atoms with Crippen LogP contribution < -0.4 is 0 Å². The molecule has 0 radical (unpaired) electrons. The maximum Gasteiger partial charge on any atom is 0.308 e. The first kappa shape index (κ1) is 19.5. The Labute approximate surface area is 137 Å². The van der Waals surface area contributed by atoms with Crippen LogP contribution in [0.15, 0.2) is 0 Å². The second-order valence-corrected chi connectivity index (χ2v) is 7.18. The van der Waals surface area contributed by atoms with E-state index < -0.39 is 35.7 Å². The molecule has 0 saturated heterocycles. The van der Waals surface area contributed by atoms with Crippen LogP contribution in [0.3, 0.4) is 0 Å². The van der Waals surface area contributed by atoms with Crippen LogP contribution in [-0.4, -0.2) is 36.2 Å². The van der Waals surface area contributed by atoms with E-state index >= 15 is 0 Å². The van der Waals surface area contributed by atoms with Gasteiger partial charge in [-0.3, -0.25) is 14.4 Å². The SMILES string of the molecule is CC(C)COC(=O)C1CC(C(=O)O)CC(C(=O)OCC(C)C)C1. The van der Waals surface area contributed by atoms with Gasteiger partial charge in [0.05, 0.1) is 31.0 Å². The molecule has 1 N–H and O–H groups in total. The summed E-state index contributed by atoms with van der Waals surface area (Å²) in [6.07, 6.45) is 0.748. The van der Waals surface area contributed by atoms with Gasteiger partial charge in [0.2, 0.25) is 0 Å². The Balaban J connectivity index is 2.70. The third kappa shape index (κ3) is 6.59. The molecule has 1 fully saturated rings. The molecule has 132 valence electrons. The fourth-order valence-electron chi connectivity index (χ4n) is 2.64. The van der Waals surface area contributed by atoms with Crippen molar-refractivity contribution in [1.29, 1.82) is 0 Å². The smallest absolute Gasteiger partial charge is 0.308 e. The van der Waals surface area contributed by atoms with Crippen LogP contribution in [0.2, 0.25) is 0 Å². The molecule has 1 saturated carbocycles. The minimum absolute atomic E-state index is 0.213. The van der Waals surface area contributed by atoms with Crippen molar-refractivity contribution < 1.29 is 29.0 Å². The molecule has 1 aliphatic rings. The van der Waals surface area contributed by atoms with Gasteiger partial charge in [-0.25, -0.2) is 0 Å². The molecule has 0 heterocycles. The van der Waals surface area contributed by atoms with Crippen LogP contribution in [0, 0.1) is 29.6 Å². The van der Waals surface area contributed by atoms with Gasteiger partial charge in [0.1, 0.15) is 0 Å². The van der Waals surface area contributed by atoms with Crippen molar-refractivity contribution in [3.63, 3.8) is 0 Å². The maximum absolute atomic E-state index is 12.1. The highest BCUT2D eigenvalue weighted by Gasteiger charge is 2.40. The third-order valence-electron chi connectivity index (χ3n) is 3.84. The Morgan fingerprint density at radius 3 is 1.48 bits per heavy atom. The summed E-state index contributed by atoms with van der Waals surface area (Å²) in [6.45, 7) is 8.33. The predicted octanol–water partition coefficient (Wildman–Crippen LogP) is 2.50.